The zero-order valence-electron chi connectivity index (χ0n) is 11.9. The Kier molecular flexibility index (Phi) is 5.35. The molecule has 2 aromatic rings. The molecule has 0 fully saturated rings. The van der Waals surface area contributed by atoms with Crippen molar-refractivity contribution in [2.24, 2.45) is 4.99 Å². The summed E-state index contributed by atoms with van der Waals surface area (Å²) in [7, 11) is 1.28. The van der Waals surface area contributed by atoms with Crippen LogP contribution in [0.25, 0.3) is 5.69 Å². The van der Waals surface area contributed by atoms with Crippen molar-refractivity contribution in [1.29, 1.82) is 0 Å². The van der Waals surface area contributed by atoms with Crippen molar-refractivity contribution < 1.29 is 19.1 Å². The van der Waals surface area contributed by atoms with Gasteiger partial charge in [0, 0.05) is 5.38 Å². The number of amides is 1. The van der Waals surface area contributed by atoms with E-state index >= 15 is 0 Å². The normalized spacial score (nSPS) is 11.3. The highest BCUT2D eigenvalue weighted by Crippen LogP contribution is 2.21. The Morgan fingerprint density at radius 2 is 2.09 bits per heavy atom. The van der Waals surface area contributed by atoms with Gasteiger partial charge in [-0.25, -0.2) is 9.59 Å². The maximum absolute atomic E-state index is 11.9. The summed E-state index contributed by atoms with van der Waals surface area (Å²) in [6, 6.07) is 6.92. The third-order valence-corrected chi connectivity index (χ3v) is 3.80. The molecule has 116 valence electrons. The summed E-state index contributed by atoms with van der Waals surface area (Å²) >= 11 is 7.29. The third kappa shape index (κ3) is 3.37. The SMILES string of the molecule is CCOC(=O)/N=c1\scc(C(=O)OC)n1-c1ccccc1Cl. The van der Waals surface area contributed by atoms with E-state index in [1.165, 1.54) is 11.7 Å². The average Bonchev–Trinajstić information content (AvgIpc) is 2.90. The number of methoxy groups -OCH3 is 1. The van der Waals surface area contributed by atoms with Crippen LogP contribution >= 0.6 is 22.9 Å². The van der Waals surface area contributed by atoms with Crippen LogP contribution < -0.4 is 4.80 Å². The summed E-state index contributed by atoms with van der Waals surface area (Å²) in [5.41, 5.74) is 0.748. The molecule has 1 heterocycles. The van der Waals surface area contributed by atoms with Gasteiger partial charge < -0.3 is 9.47 Å². The molecule has 2 rings (SSSR count). The lowest BCUT2D eigenvalue weighted by atomic mass is 10.3. The minimum Gasteiger partial charge on any atom is -0.464 e. The number of para-hydroxylation sites is 1. The maximum atomic E-state index is 11.9. The fourth-order valence-electron chi connectivity index (χ4n) is 1.74. The van der Waals surface area contributed by atoms with E-state index in [2.05, 4.69) is 4.99 Å². The van der Waals surface area contributed by atoms with E-state index in [4.69, 9.17) is 21.1 Å². The number of rotatable bonds is 3. The number of carbonyl (C=O) groups excluding carboxylic acids is 2. The number of carbonyl (C=O) groups is 2. The van der Waals surface area contributed by atoms with Gasteiger partial charge in [0.05, 0.1) is 24.4 Å². The van der Waals surface area contributed by atoms with Gasteiger partial charge in [0.2, 0.25) is 4.80 Å². The first-order chi connectivity index (χ1) is 10.6. The molecule has 0 unspecified atom stereocenters. The summed E-state index contributed by atoms with van der Waals surface area (Å²) in [5.74, 6) is -0.554. The van der Waals surface area contributed by atoms with Crippen molar-refractivity contribution in [3.63, 3.8) is 0 Å². The monoisotopic (exact) mass is 340 g/mol. The van der Waals surface area contributed by atoms with Crippen molar-refractivity contribution in [1.82, 2.24) is 4.57 Å². The Labute approximate surface area is 135 Å². The molecule has 1 aromatic carbocycles. The van der Waals surface area contributed by atoms with Crippen molar-refractivity contribution in [2.75, 3.05) is 13.7 Å². The Bertz CT molecular complexity index is 766. The van der Waals surface area contributed by atoms with E-state index in [-0.39, 0.29) is 17.1 Å². The second kappa shape index (κ2) is 7.24. The first-order valence-corrected chi connectivity index (χ1v) is 7.59. The molecule has 0 saturated carbocycles. The molecule has 22 heavy (non-hydrogen) atoms. The van der Waals surface area contributed by atoms with Crippen LogP contribution in [-0.4, -0.2) is 30.3 Å². The zero-order chi connectivity index (χ0) is 16.1. The molecule has 0 aliphatic heterocycles. The quantitative estimate of drug-likeness (QED) is 0.805. The lowest BCUT2D eigenvalue weighted by Gasteiger charge is -2.09. The van der Waals surface area contributed by atoms with Crippen LogP contribution in [-0.2, 0) is 9.47 Å². The molecule has 0 spiro atoms. The van der Waals surface area contributed by atoms with Gasteiger partial charge in [0.1, 0.15) is 5.69 Å². The molecule has 0 aliphatic carbocycles. The molecule has 0 aliphatic rings. The third-order valence-electron chi connectivity index (χ3n) is 2.65. The molecule has 0 radical (unpaired) electrons. The molecule has 8 heteroatoms. The van der Waals surface area contributed by atoms with E-state index in [9.17, 15) is 9.59 Å². The van der Waals surface area contributed by atoms with Gasteiger partial charge in [-0.2, -0.15) is 0 Å². The lowest BCUT2D eigenvalue weighted by Crippen LogP contribution is -2.21. The first kappa shape index (κ1) is 16.3. The summed E-state index contributed by atoms with van der Waals surface area (Å²) < 4.78 is 11.0. The molecule has 0 bridgehead atoms. The van der Waals surface area contributed by atoms with Crippen molar-refractivity contribution in [3.05, 3.63) is 45.2 Å². The molecule has 0 N–H and O–H groups in total. The Hall–Kier alpha value is -2.12. The number of hydrogen-bond acceptors (Lipinski definition) is 5. The van der Waals surface area contributed by atoms with E-state index in [1.807, 2.05) is 0 Å². The standard InChI is InChI=1S/C14H13ClN2O4S/c1-3-21-14(19)16-13-17(10-7-5-4-6-9(10)15)11(8-22-13)12(18)20-2/h4-8H,3H2,1-2H3/b16-13-. The maximum Gasteiger partial charge on any atom is 0.436 e. The molecule has 0 saturated heterocycles. The van der Waals surface area contributed by atoms with E-state index in [0.29, 0.717) is 10.7 Å². The minimum absolute atomic E-state index is 0.212. The van der Waals surface area contributed by atoms with Gasteiger partial charge >= 0.3 is 12.1 Å². The van der Waals surface area contributed by atoms with Gasteiger partial charge in [-0.15, -0.1) is 16.3 Å². The summed E-state index contributed by atoms with van der Waals surface area (Å²) in [6.07, 6.45) is -0.735. The summed E-state index contributed by atoms with van der Waals surface area (Å²) in [5, 5.41) is 1.96. The predicted molar refractivity (Wildman–Crippen MR) is 82.6 cm³/mol. The zero-order valence-corrected chi connectivity index (χ0v) is 13.5. The van der Waals surface area contributed by atoms with E-state index in [1.54, 1.807) is 36.6 Å². The number of aromatic nitrogens is 1. The predicted octanol–water partition coefficient (Wildman–Crippen LogP) is 3.04. The van der Waals surface area contributed by atoms with Crippen LogP contribution in [0.1, 0.15) is 17.4 Å². The smallest absolute Gasteiger partial charge is 0.436 e. The summed E-state index contributed by atoms with van der Waals surface area (Å²) in [4.78, 5) is 27.6. The Balaban J connectivity index is 2.67. The van der Waals surface area contributed by atoms with Gasteiger partial charge in [-0.05, 0) is 19.1 Å². The molecular weight excluding hydrogens is 328 g/mol. The van der Waals surface area contributed by atoms with Crippen LogP contribution in [0.2, 0.25) is 5.02 Å². The molecule has 6 nitrogen and oxygen atoms in total. The second-order valence-electron chi connectivity index (χ2n) is 3.99. The topological polar surface area (TPSA) is 69.9 Å². The van der Waals surface area contributed by atoms with E-state index < -0.39 is 12.1 Å². The number of halogens is 1. The number of hydrogen-bond donors (Lipinski definition) is 0. The largest absolute Gasteiger partial charge is 0.464 e. The molecule has 1 amide bonds. The number of benzene rings is 1. The fraction of sp³-hybridized carbons (Fsp3) is 0.214. The van der Waals surface area contributed by atoms with Gasteiger partial charge in [-0.3, -0.25) is 4.57 Å². The minimum atomic E-state index is -0.735. The second-order valence-corrected chi connectivity index (χ2v) is 5.24. The Morgan fingerprint density at radius 1 is 1.36 bits per heavy atom. The van der Waals surface area contributed by atoms with Crippen LogP contribution in [0.4, 0.5) is 4.79 Å². The van der Waals surface area contributed by atoms with Crippen LogP contribution in [0.15, 0.2) is 34.6 Å². The van der Waals surface area contributed by atoms with E-state index in [0.717, 1.165) is 11.3 Å². The highest BCUT2D eigenvalue weighted by molar-refractivity contribution is 7.07. The highest BCUT2D eigenvalue weighted by Gasteiger charge is 2.18. The van der Waals surface area contributed by atoms with Crippen LogP contribution in [0, 0.1) is 0 Å². The Morgan fingerprint density at radius 3 is 2.73 bits per heavy atom. The number of thiazole rings is 1. The van der Waals surface area contributed by atoms with Crippen molar-refractivity contribution >= 4 is 35.0 Å². The number of esters is 1. The molecule has 1 aromatic heterocycles. The summed E-state index contributed by atoms with van der Waals surface area (Å²) in [6.45, 7) is 1.90. The van der Waals surface area contributed by atoms with Crippen LogP contribution in [0.5, 0.6) is 0 Å². The first-order valence-electron chi connectivity index (χ1n) is 6.33. The van der Waals surface area contributed by atoms with Crippen molar-refractivity contribution in [3.8, 4) is 5.69 Å². The highest BCUT2D eigenvalue weighted by atomic mass is 35.5. The van der Waals surface area contributed by atoms with Crippen molar-refractivity contribution in [2.45, 2.75) is 6.92 Å². The lowest BCUT2D eigenvalue weighted by molar-refractivity contribution is 0.0591. The van der Waals surface area contributed by atoms with Gasteiger partial charge in [-0.1, -0.05) is 23.7 Å². The molecule has 0 atom stereocenters. The number of nitrogens with zero attached hydrogens (tertiary/aromatic N) is 2. The van der Waals surface area contributed by atoms with Gasteiger partial charge in [0.15, 0.2) is 0 Å². The molecular formula is C14H13ClN2O4S. The number of ether oxygens (including phenoxy) is 2. The van der Waals surface area contributed by atoms with Gasteiger partial charge in [0.25, 0.3) is 0 Å². The average molecular weight is 341 g/mol. The fourth-order valence-corrected chi connectivity index (χ4v) is 2.81. The van der Waals surface area contributed by atoms with Crippen LogP contribution in [0.3, 0.4) is 0 Å².